The molecule has 140 valence electrons. The van der Waals surface area contributed by atoms with Gasteiger partial charge in [-0.05, 0) is 24.3 Å². The van der Waals surface area contributed by atoms with Crippen LogP contribution in [0.2, 0.25) is 0 Å². The van der Waals surface area contributed by atoms with Crippen molar-refractivity contribution in [3.05, 3.63) is 73.6 Å². The molecule has 0 atom stereocenters. The molecule has 0 fully saturated rings. The van der Waals surface area contributed by atoms with Crippen molar-refractivity contribution in [3.63, 3.8) is 0 Å². The summed E-state index contributed by atoms with van der Waals surface area (Å²) in [6, 6.07) is 14.2. The third-order valence-electron chi connectivity index (χ3n) is 3.75. The van der Waals surface area contributed by atoms with Crippen LogP contribution in [-0.4, -0.2) is 17.0 Å². The number of nitrogens with zero attached hydrogens (tertiary/aromatic N) is 3. The second-order valence-corrected chi connectivity index (χ2v) is 7.28. The Bertz CT molecular complexity index is 1100. The summed E-state index contributed by atoms with van der Waals surface area (Å²) in [7, 11) is 1.44. The molecule has 3 aromatic rings. The van der Waals surface area contributed by atoms with E-state index in [-0.39, 0.29) is 16.9 Å². The Morgan fingerprint density at radius 1 is 1.39 bits per heavy atom. The Balaban J connectivity index is 1.88. The number of ether oxygens (including phenoxy) is 1. The molecular formula is C19H13BrN4O3S. The molecule has 0 amide bonds. The first-order valence-electron chi connectivity index (χ1n) is 7.93. The highest BCUT2D eigenvalue weighted by Crippen LogP contribution is 2.31. The molecule has 2 aromatic carbocycles. The second-order valence-electron chi connectivity index (χ2n) is 5.50. The van der Waals surface area contributed by atoms with Gasteiger partial charge in [0.1, 0.15) is 28.1 Å². The van der Waals surface area contributed by atoms with Crippen LogP contribution in [-0.2, 0) is 0 Å². The fourth-order valence-electron chi connectivity index (χ4n) is 2.38. The maximum Gasteiger partial charge on any atom is 0.296 e. The molecule has 7 nitrogen and oxygen atoms in total. The standard InChI is InChI=1S/C19H13BrN4O3S/c1-27-15-5-6-16(18(8-15)24(25)26)22-10-13(9-21)19-23-17(11-28-19)12-3-2-4-14(20)7-12/h2-8,10-11,22H,1H3/b13-10+. The van der Waals surface area contributed by atoms with E-state index in [9.17, 15) is 15.4 Å². The summed E-state index contributed by atoms with van der Waals surface area (Å²) < 4.78 is 5.95. The van der Waals surface area contributed by atoms with Crippen molar-refractivity contribution >= 4 is 44.2 Å². The molecule has 9 heteroatoms. The minimum atomic E-state index is -0.514. The minimum Gasteiger partial charge on any atom is -0.496 e. The van der Waals surface area contributed by atoms with Crippen molar-refractivity contribution < 1.29 is 9.66 Å². The van der Waals surface area contributed by atoms with E-state index in [1.165, 1.54) is 36.8 Å². The van der Waals surface area contributed by atoms with Gasteiger partial charge in [0.25, 0.3) is 5.69 Å². The van der Waals surface area contributed by atoms with E-state index in [2.05, 4.69) is 32.3 Å². The largest absolute Gasteiger partial charge is 0.496 e. The molecular weight excluding hydrogens is 444 g/mol. The molecule has 0 unspecified atom stereocenters. The molecule has 28 heavy (non-hydrogen) atoms. The Morgan fingerprint density at radius 3 is 2.89 bits per heavy atom. The molecule has 1 heterocycles. The zero-order chi connectivity index (χ0) is 20.1. The third kappa shape index (κ3) is 4.36. The smallest absolute Gasteiger partial charge is 0.296 e. The number of benzene rings is 2. The number of allylic oxidation sites excluding steroid dienone is 1. The highest BCUT2D eigenvalue weighted by molar-refractivity contribution is 9.10. The number of aromatic nitrogens is 1. The number of nitriles is 1. The van der Waals surface area contributed by atoms with Gasteiger partial charge < -0.3 is 10.1 Å². The SMILES string of the molecule is COc1ccc(N/C=C(\C#N)c2nc(-c3cccc(Br)c3)cs2)c([N+](=O)[O-])c1. The predicted octanol–water partition coefficient (Wildman–Crippen LogP) is 5.47. The third-order valence-corrected chi connectivity index (χ3v) is 5.12. The zero-order valence-electron chi connectivity index (χ0n) is 14.5. The Hall–Kier alpha value is -3.22. The van der Waals surface area contributed by atoms with Gasteiger partial charge in [-0.3, -0.25) is 10.1 Å². The Labute approximate surface area is 173 Å². The number of nitrogens with one attached hydrogen (secondary N) is 1. The van der Waals surface area contributed by atoms with Gasteiger partial charge in [-0.25, -0.2) is 4.98 Å². The van der Waals surface area contributed by atoms with Crippen molar-refractivity contribution in [3.8, 4) is 23.1 Å². The van der Waals surface area contributed by atoms with Gasteiger partial charge in [-0.15, -0.1) is 11.3 Å². The highest BCUT2D eigenvalue weighted by Gasteiger charge is 2.15. The molecule has 0 spiro atoms. The average molecular weight is 457 g/mol. The van der Waals surface area contributed by atoms with Crippen LogP contribution in [0.1, 0.15) is 5.01 Å². The van der Waals surface area contributed by atoms with E-state index in [1.807, 2.05) is 29.6 Å². The molecule has 0 aliphatic heterocycles. The van der Waals surface area contributed by atoms with E-state index in [4.69, 9.17) is 4.74 Å². The summed E-state index contributed by atoms with van der Waals surface area (Å²) in [5.41, 5.74) is 2.05. The molecule has 0 saturated carbocycles. The summed E-state index contributed by atoms with van der Waals surface area (Å²) in [5.74, 6) is 0.375. The quantitative estimate of drug-likeness (QED) is 0.299. The van der Waals surface area contributed by atoms with Crippen molar-refractivity contribution in [1.29, 1.82) is 5.26 Å². The van der Waals surface area contributed by atoms with Crippen LogP contribution in [0.4, 0.5) is 11.4 Å². The van der Waals surface area contributed by atoms with E-state index in [0.29, 0.717) is 10.8 Å². The van der Waals surface area contributed by atoms with Crippen molar-refractivity contribution in [2.45, 2.75) is 0 Å². The number of hydrogen-bond acceptors (Lipinski definition) is 7. The monoisotopic (exact) mass is 456 g/mol. The number of thiazole rings is 1. The van der Waals surface area contributed by atoms with Crippen molar-refractivity contribution in [2.24, 2.45) is 0 Å². The van der Waals surface area contributed by atoms with Crippen LogP contribution >= 0.6 is 27.3 Å². The molecule has 1 aromatic heterocycles. The van der Waals surface area contributed by atoms with Crippen LogP contribution < -0.4 is 10.1 Å². The molecule has 0 radical (unpaired) electrons. The number of anilines is 1. The van der Waals surface area contributed by atoms with Crippen LogP contribution in [0.25, 0.3) is 16.8 Å². The van der Waals surface area contributed by atoms with E-state index < -0.39 is 4.92 Å². The van der Waals surface area contributed by atoms with Gasteiger partial charge in [-0.1, -0.05) is 28.1 Å². The first-order chi connectivity index (χ1) is 13.5. The van der Waals surface area contributed by atoms with E-state index in [0.717, 1.165) is 15.7 Å². The van der Waals surface area contributed by atoms with Crippen LogP contribution in [0.3, 0.4) is 0 Å². The average Bonchev–Trinajstić information content (AvgIpc) is 3.18. The molecule has 3 rings (SSSR count). The lowest BCUT2D eigenvalue weighted by Gasteiger charge is -2.05. The maximum absolute atomic E-state index is 11.3. The first-order valence-corrected chi connectivity index (χ1v) is 9.60. The Kier molecular flexibility index (Phi) is 6.03. The Morgan fingerprint density at radius 2 is 2.21 bits per heavy atom. The summed E-state index contributed by atoms with van der Waals surface area (Å²) >= 11 is 4.75. The lowest BCUT2D eigenvalue weighted by Crippen LogP contribution is -1.98. The predicted molar refractivity (Wildman–Crippen MR) is 112 cm³/mol. The zero-order valence-corrected chi connectivity index (χ0v) is 17.0. The lowest BCUT2D eigenvalue weighted by molar-refractivity contribution is -0.384. The molecule has 0 aliphatic rings. The van der Waals surface area contributed by atoms with Crippen molar-refractivity contribution in [1.82, 2.24) is 4.98 Å². The molecule has 1 N–H and O–H groups in total. The van der Waals surface area contributed by atoms with Crippen LogP contribution in [0.5, 0.6) is 5.75 Å². The number of nitro groups is 1. The molecule has 0 saturated heterocycles. The minimum absolute atomic E-state index is 0.151. The number of nitro benzene ring substituents is 1. The number of hydrogen-bond donors (Lipinski definition) is 1. The maximum atomic E-state index is 11.3. The number of rotatable bonds is 6. The van der Waals surface area contributed by atoms with Gasteiger partial charge >= 0.3 is 0 Å². The summed E-state index contributed by atoms with van der Waals surface area (Å²) in [4.78, 5) is 15.3. The number of methoxy groups -OCH3 is 1. The van der Waals surface area contributed by atoms with Gasteiger partial charge in [0.2, 0.25) is 0 Å². The van der Waals surface area contributed by atoms with Crippen LogP contribution in [0.15, 0.2) is 58.5 Å². The fourth-order valence-corrected chi connectivity index (χ4v) is 3.58. The molecule has 0 aliphatic carbocycles. The highest BCUT2D eigenvalue weighted by atomic mass is 79.9. The lowest BCUT2D eigenvalue weighted by atomic mass is 10.2. The fraction of sp³-hybridized carbons (Fsp3) is 0.0526. The second kappa shape index (κ2) is 8.65. The summed E-state index contributed by atoms with van der Waals surface area (Å²) in [6.45, 7) is 0. The van der Waals surface area contributed by atoms with Crippen LogP contribution in [0, 0.1) is 21.4 Å². The normalized spacial score (nSPS) is 11.0. The van der Waals surface area contributed by atoms with Gasteiger partial charge in [0, 0.05) is 21.6 Å². The molecule has 0 bridgehead atoms. The first kappa shape index (κ1) is 19.5. The van der Waals surface area contributed by atoms with E-state index in [1.54, 1.807) is 6.07 Å². The van der Waals surface area contributed by atoms with Crippen molar-refractivity contribution in [2.75, 3.05) is 12.4 Å². The summed E-state index contributed by atoms with van der Waals surface area (Å²) in [6.07, 6.45) is 1.42. The van der Waals surface area contributed by atoms with Gasteiger partial charge in [-0.2, -0.15) is 5.26 Å². The summed E-state index contributed by atoms with van der Waals surface area (Å²) in [5, 5.41) is 26.0. The van der Waals surface area contributed by atoms with E-state index >= 15 is 0 Å². The van der Waals surface area contributed by atoms with Gasteiger partial charge in [0.05, 0.1) is 23.8 Å². The topological polar surface area (TPSA) is 101 Å². The number of halogens is 1. The van der Waals surface area contributed by atoms with Gasteiger partial charge in [0.15, 0.2) is 0 Å².